The molecule has 0 bridgehead atoms. The van der Waals surface area contributed by atoms with Crippen LogP contribution in [0.4, 0.5) is 0 Å². The summed E-state index contributed by atoms with van der Waals surface area (Å²) in [6.07, 6.45) is 6.82. The standard InChI is InChI=1S/C15H20O/c1-11(12-4-2-3-5-12)13-6-7-15-14(10-13)8-9-16-15/h6-7,10-12H,2-5,8-9H2,1H3. The van der Waals surface area contributed by atoms with Crippen LogP contribution in [0.5, 0.6) is 5.75 Å². The van der Waals surface area contributed by atoms with Gasteiger partial charge in [0, 0.05) is 6.42 Å². The van der Waals surface area contributed by atoms with Gasteiger partial charge in [-0.1, -0.05) is 31.9 Å². The van der Waals surface area contributed by atoms with Gasteiger partial charge in [-0.05, 0) is 41.9 Å². The minimum Gasteiger partial charge on any atom is -0.493 e. The lowest BCUT2D eigenvalue weighted by atomic mass is 9.86. The molecule has 1 aromatic rings. The maximum atomic E-state index is 5.56. The molecule has 1 atom stereocenters. The van der Waals surface area contributed by atoms with Gasteiger partial charge in [-0.2, -0.15) is 0 Å². The van der Waals surface area contributed by atoms with E-state index in [4.69, 9.17) is 4.74 Å². The Morgan fingerprint density at radius 3 is 2.88 bits per heavy atom. The van der Waals surface area contributed by atoms with Crippen LogP contribution in [0, 0.1) is 5.92 Å². The Morgan fingerprint density at radius 1 is 1.25 bits per heavy atom. The summed E-state index contributed by atoms with van der Waals surface area (Å²) in [5.41, 5.74) is 2.94. The van der Waals surface area contributed by atoms with Crippen LogP contribution >= 0.6 is 0 Å². The molecule has 1 heteroatoms. The van der Waals surface area contributed by atoms with Crippen molar-refractivity contribution in [3.05, 3.63) is 29.3 Å². The van der Waals surface area contributed by atoms with E-state index in [1.54, 1.807) is 0 Å². The Labute approximate surface area is 97.8 Å². The monoisotopic (exact) mass is 216 g/mol. The van der Waals surface area contributed by atoms with Crippen molar-refractivity contribution in [3.8, 4) is 5.75 Å². The van der Waals surface area contributed by atoms with Crippen molar-refractivity contribution in [2.24, 2.45) is 5.92 Å². The summed E-state index contributed by atoms with van der Waals surface area (Å²) < 4.78 is 5.56. The zero-order chi connectivity index (χ0) is 11.0. The SMILES string of the molecule is CC(c1ccc2c(c1)CCO2)C1CCCC1. The molecule has 1 unspecified atom stereocenters. The highest BCUT2D eigenvalue weighted by molar-refractivity contribution is 5.41. The maximum absolute atomic E-state index is 5.56. The average Bonchev–Trinajstić information content (AvgIpc) is 2.98. The Bertz CT molecular complexity index is 377. The van der Waals surface area contributed by atoms with E-state index in [0.29, 0.717) is 0 Å². The van der Waals surface area contributed by atoms with Gasteiger partial charge < -0.3 is 4.74 Å². The topological polar surface area (TPSA) is 9.23 Å². The lowest BCUT2D eigenvalue weighted by Crippen LogP contribution is -2.05. The molecule has 1 fully saturated rings. The molecular weight excluding hydrogens is 196 g/mol. The zero-order valence-corrected chi connectivity index (χ0v) is 10.0. The first kappa shape index (κ1) is 10.2. The fraction of sp³-hybridized carbons (Fsp3) is 0.600. The van der Waals surface area contributed by atoms with Gasteiger partial charge in [0.25, 0.3) is 0 Å². The van der Waals surface area contributed by atoms with Gasteiger partial charge in [0.2, 0.25) is 0 Å². The third-order valence-corrected chi connectivity index (χ3v) is 4.35. The normalized spacial score (nSPS) is 21.8. The van der Waals surface area contributed by atoms with E-state index in [-0.39, 0.29) is 0 Å². The molecule has 16 heavy (non-hydrogen) atoms. The fourth-order valence-corrected chi connectivity index (χ4v) is 3.22. The number of ether oxygens (including phenoxy) is 1. The first-order chi connectivity index (χ1) is 7.84. The van der Waals surface area contributed by atoms with Crippen LogP contribution in [0.15, 0.2) is 18.2 Å². The summed E-state index contributed by atoms with van der Waals surface area (Å²) in [6.45, 7) is 3.27. The second-order valence-corrected chi connectivity index (χ2v) is 5.30. The largest absolute Gasteiger partial charge is 0.493 e. The fourth-order valence-electron chi connectivity index (χ4n) is 3.22. The van der Waals surface area contributed by atoms with Crippen LogP contribution in [-0.4, -0.2) is 6.61 Å². The number of hydrogen-bond donors (Lipinski definition) is 0. The highest BCUT2D eigenvalue weighted by Gasteiger charge is 2.23. The minimum atomic E-state index is 0.730. The van der Waals surface area contributed by atoms with Crippen molar-refractivity contribution >= 4 is 0 Å². The molecule has 1 heterocycles. The van der Waals surface area contributed by atoms with Crippen LogP contribution < -0.4 is 4.74 Å². The van der Waals surface area contributed by atoms with Crippen LogP contribution in [0.3, 0.4) is 0 Å². The molecule has 0 saturated heterocycles. The van der Waals surface area contributed by atoms with Crippen LogP contribution in [-0.2, 0) is 6.42 Å². The predicted octanol–water partition coefficient (Wildman–Crippen LogP) is 3.92. The van der Waals surface area contributed by atoms with E-state index in [1.807, 2.05) is 0 Å². The van der Waals surface area contributed by atoms with E-state index in [0.717, 1.165) is 30.6 Å². The van der Waals surface area contributed by atoms with Gasteiger partial charge in [0.1, 0.15) is 5.75 Å². The molecule has 2 aliphatic rings. The summed E-state index contributed by atoms with van der Waals surface area (Å²) >= 11 is 0. The van der Waals surface area contributed by atoms with E-state index < -0.39 is 0 Å². The number of hydrogen-bond acceptors (Lipinski definition) is 1. The van der Waals surface area contributed by atoms with Crippen molar-refractivity contribution in [1.29, 1.82) is 0 Å². The van der Waals surface area contributed by atoms with Gasteiger partial charge in [-0.3, -0.25) is 0 Å². The highest BCUT2D eigenvalue weighted by atomic mass is 16.5. The number of rotatable bonds is 2. The van der Waals surface area contributed by atoms with Crippen molar-refractivity contribution in [1.82, 2.24) is 0 Å². The molecule has 0 spiro atoms. The average molecular weight is 216 g/mol. The van der Waals surface area contributed by atoms with E-state index in [9.17, 15) is 0 Å². The summed E-state index contributed by atoms with van der Waals surface area (Å²) in [6, 6.07) is 6.82. The zero-order valence-electron chi connectivity index (χ0n) is 10.0. The molecule has 0 amide bonds. The van der Waals surface area contributed by atoms with Gasteiger partial charge >= 0.3 is 0 Å². The molecule has 0 N–H and O–H groups in total. The van der Waals surface area contributed by atoms with E-state index in [2.05, 4.69) is 25.1 Å². The predicted molar refractivity (Wildman–Crippen MR) is 66.0 cm³/mol. The third-order valence-electron chi connectivity index (χ3n) is 4.35. The van der Waals surface area contributed by atoms with Gasteiger partial charge in [-0.25, -0.2) is 0 Å². The van der Waals surface area contributed by atoms with E-state index in [1.165, 1.54) is 36.8 Å². The summed E-state index contributed by atoms with van der Waals surface area (Å²) in [4.78, 5) is 0. The molecule has 0 aromatic heterocycles. The van der Waals surface area contributed by atoms with Crippen LogP contribution in [0.1, 0.15) is 49.7 Å². The molecule has 1 aliphatic heterocycles. The van der Waals surface area contributed by atoms with Gasteiger partial charge in [-0.15, -0.1) is 0 Å². The first-order valence-corrected chi connectivity index (χ1v) is 6.60. The minimum absolute atomic E-state index is 0.730. The van der Waals surface area contributed by atoms with Crippen molar-refractivity contribution in [2.45, 2.75) is 44.9 Å². The molecule has 1 saturated carbocycles. The molecule has 86 valence electrons. The molecule has 0 radical (unpaired) electrons. The summed E-state index contributed by atoms with van der Waals surface area (Å²) in [7, 11) is 0. The Hall–Kier alpha value is -0.980. The number of fused-ring (bicyclic) bond motifs is 1. The van der Waals surface area contributed by atoms with Gasteiger partial charge in [0.05, 0.1) is 6.61 Å². The smallest absolute Gasteiger partial charge is 0.122 e. The Kier molecular flexibility index (Phi) is 2.62. The molecule has 1 aliphatic carbocycles. The summed E-state index contributed by atoms with van der Waals surface area (Å²) in [5.74, 6) is 2.76. The maximum Gasteiger partial charge on any atom is 0.122 e. The third kappa shape index (κ3) is 1.73. The lowest BCUT2D eigenvalue weighted by molar-refractivity contribution is 0.356. The van der Waals surface area contributed by atoms with Crippen LogP contribution in [0.25, 0.3) is 0 Å². The van der Waals surface area contributed by atoms with Crippen molar-refractivity contribution < 1.29 is 4.74 Å². The Balaban J connectivity index is 1.83. The summed E-state index contributed by atoms with van der Waals surface area (Å²) in [5, 5.41) is 0. The molecular formula is C15H20O. The highest BCUT2D eigenvalue weighted by Crippen LogP contribution is 2.38. The molecule has 1 nitrogen and oxygen atoms in total. The Morgan fingerprint density at radius 2 is 2.06 bits per heavy atom. The second kappa shape index (κ2) is 4.12. The van der Waals surface area contributed by atoms with Crippen LogP contribution in [0.2, 0.25) is 0 Å². The second-order valence-electron chi connectivity index (χ2n) is 5.30. The lowest BCUT2D eigenvalue weighted by Gasteiger charge is -2.19. The quantitative estimate of drug-likeness (QED) is 0.728. The van der Waals surface area contributed by atoms with Crippen molar-refractivity contribution in [2.75, 3.05) is 6.61 Å². The molecule has 3 rings (SSSR count). The van der Waals surface area contributed by atoms with E-state index >= 15 is 0 Å². The number of benzene rings is 1. The first-order valence-electron chi connectivity index (χ1n) is 6.60. The van der Waals surface area contributed by atoms with Gasteiger partial charge in [0.15, 0.2) is 0 Å². The van der Waals surface area contributed by atoms with Crippen molar-refractivity contribution in [3.63, 3.8) is 0 Å². The molecule has 1 aromatic carbocycles.